The Kier molecular flexibility index (Phi) is 5.86. The molecule has 1 aliphatic heterocycles. The van der Waals surface area contributed by atoms with Crippen LogP contribution >= 0.6 is 0 Å². The Morgan fingerprint density at radius 2 is 2.00 bits per heavy atom. The van der Waals surface area contributed by atoms with Gasteiger partial charge in [0.1, 0.15) is 0 Å². The second kappa shape index (κ2) is 8.04. The number of aromatic nitrogens is 2. The minimum absolute atomic E-state index is 0.134. The molecule has 0 radical (unpaired) electrons. The van der Waals surface area contributed by atoms with Gasteiger partial charge in [-0.05, 0) is 44.2 Å². The van der Waals surface area contributed by atoms with Gasteiger partial charge in [0.25, 0.3) is 0 Å². The molecule has 0 saturated carbocycles. The van der Waals surface area contributed by atoms with Crippen molar-refractivity contribution in [2.75, 3.05) is 13.2 Å². The lowest BCUT2D eigenvalue weighted by atomic mass is 9.89. The molecule has 2 aromatic rings. The largest absolute Gasteiger partial charge is 0.449 e. The van der Waals surface area contributed by atoms with Crippen LogP contribution in [0.25, 0.3) is 10.9 Å². The van der Waals surface area contributed by atoms with Crippen molar-refractivity contribution in [2.45, 2.75) is 51.9 Å². The molecule has 1 amide bonds. The van der Waals surface area contributed by atoms with E-state index in [1.807, 2.05) is 49.8 Å². The second-order valence-corrected chi connectivity index (χ2v) is 7.87. The van der Waals surface area contributed by atoms with Crippen molar-refractivity contribution in [2.24, 2.45) is 5.92 Å². The van der Waals surface area contributed by atoms with Crippen LogP contribution in [0.3, 0.4) is 0 Å². The van der Waals surface area contributed by atoms with Gasteiger partial charge in [-0.25, -0.2) is 4.79 Å². The molecule has 0 N–H and O–H groups in total. The van der Waals surface area contributed by atoms with Gasteiger partial charge in [-0.15, -0.1) is 0 Å². The van der Waals surface area contributed by atoms with Gasteiger partial charge in [0.15, 0.2) is 6.61 Å². The van der Waals surface area contributed by atoms with E-state index < -0.39 is 30.7 Å². The summed E-state index contributed by atoms with van der Waals surface area (Å²) >= 11 is 0. The number of rotatable bonds is 3. The number of ether oxygens (including phenoxy) is 1. The second-order valence-electron chi connectivity index (χ2n) is 7.87. The highest BCUT2D eigenvalue weighted by Gasteiger charge is 2.37. The molecule has 1 aliphatic rings. The Morgan fingerprint density at radius 1 is 1.28 bits per heavy atom. The predicted molar refractivity (Wildman–Crippen MR) is 100.0 cm³/mol. The van der Waals surface area contributed by atoms with Crippen LogP contribution in [-0.4, -0.2) is 45.9 Å². The van der Waals surface area contributed by atoms with Crippen molar-refractivity contribution in [1.29, 1.82) is 0 Å². The topological polar surface area (TPSA) is 64.4 Å². The van der Waals surface area contributed by atoms with Gasteiger partial charge in [0.05, 0.1) is 11.6 Å². The van der Waals surface area contributed by atoms with Crippen molar-refractivity contribution in [1.82, 2.24) is 14.7 Å². The number of fused-ring (bicyclic) bond motifs is 1. The molecular formula is C20H24F3N3O3. The zero-order valence-electron chi connectivity index (χ0n) is 16.6. The molecule has 29 heavy (non-hydrogen) atoms. The van der Waals surface area contributed by atoms with E-state index in [9.17, 15) is 22.8 Å². The summed E-state index contributed by atoms with van der Waals surface area (Å²) in [5.41, 5.74) is 1.57. The highest BCUT2D eigenvalue weighted by atomic mass is 19.4. The molecule has 0 bridgehead atoms. The molecule has 1 aromatic heterocycles. The van der Waals surface area contributed by atoms with Crippen molar-refractivity contribution < 1.29 is 27.5 Å². The third-order valence-corrected chi connectivity index (χ3v) is 5.08. The Balaban J connectivity index is 1.85. The van der Waals surface area contributed by atoms with E-state index in [-0.39, 0.29) is 18.5 Å². The number of piperidine rings is 1. The first-order valence-electron chi connectivity index (χ1n) is 9.58. The van der Waals surface area contributed by atoms with Crippen LogP contribution in [0.15, 0.2) is 24.4 Å². The first kappa shape index (κ1) is 21.1. The fourth-order valence-electron chi connectivity index (χ4n) is 3.57. The van der Waals surface area contributed by atoms with E-state index in [0.29, 0.717) is 6.42 Å². The monoisotopic (exact) mass is 411 g/mol. The van der Waals surface area contributed by atoms with Crippen molar-refractivity contribution >= 4 is 22.8 Å². The average Bonchev–Trinajstić information content (AvgIpc) is 3.08. The van der Waals surface area contributed by atoms with Crippen LogP contribution in [0.5, 0.6) is 0 Å². The fraction of sp³-hybridized carbons (Fsp3) is 0.550. The highest BCUT2D eigenvalue weighted by Crippen LogP contribution is 2.35. The molecule has 158 valence electrons. The average molecular weight is 411 g/mol. The standard InChI is InChI=1S/C20H24F3N3O3/c1-12(2)26-10-15-6-5-14(8-16(15)24-26)17-7-4-13(3)9-25(17)18(27)19(28)29-11-20(21,22)23/h5-6,8,10,12-13,17H,4,7,9,11H2,1-3H3/t13-,17+/m1/s1. The minimum atomic E-state index is -4.68. The number of nitrogens with zero attached hydrogens (tertiary/aromatic N) is 3. The van der Waals surface area contributed by atoms with E-state index in [1.165, 1.54) is 4.90 Å². The summed E-state index contributed by atoms with van der Waals surface area (Å²) in [6.07, 6.45) is -1.30. The third kappa shape index (κ3) is 4.89. The van der Waals surface area contributed by atoms with Crippen molar-refractivity contribution in [3.63, 3.8) is 0 Å². The third-order valence-electron chi connectivity index (χ3n) is 5.08. The summed E-state index contributed by atoms with van der Waals surface area (Å²) < 4.78 is 43.0. The number of amides is 1. The minimum Gasteiger partial charge on any atom is -0.449 e. The molecule has 2 heterocycles. The van der Waals surface area contributed by atoms with Gasteiger partial charge in [-0.3, -0.25) is 9.48 Å². The first-order chi connectivity index (χ1) is 13.5. The maximum atomic E-state index is 12.6. The molecule has 0 aliphatic carbocycles. The summed E-state index contributed by atoms with van der Waals surface area (Å²) in [5, 5.41) is 5.49. The van der Waals surface area contributed by atoms with E-state index in [2.05, 4.69) is 9.84 Å². The number of benzene rings is 1. The maximum Gasteiger partial charge on any atom is 0.422 e. The number of halogens is 3. The number of likely N-dealkylation sites (tertiary alicyclic amines) is 1. The summed E-state index contributed by atoms with van der Waals surface area (Å²) in [4.78, 5) is 25.8. The lowest BCUT2D eigenvalue weighted by molar-refractivity contribution is -0.190. The molecule has 1 aromatic carbocycles. The van der Waals surface area contributed by atoms with Crippen molar-refractivity contribution in [3.05, 3.63) is 30.0 Å². The SMILES string of the molecule is CC(C)n1cc2ccc([C@@H]3CC[C@@H](C)CN3C(=O)C(=O)OCC(F)(F)F)cc2n1. The van der Waals surface area contributed by atoms with Gasteiger partial charge in [-0.1, -0.05) is 19.1 Å². The van der Waals surface area contributed by atoms with E-state index in [1.54, 1.807) is 0 Å². The first-order valence-corrected chi connectivity index (χ1v) is 9.58. The highest BCUT2D eigenvalue weighted by molar-refractivity contribution is 6.32. The molecule has 3 rings (SSSR count). The van der Waals surface area contributed by atoms with Crippen LogP contribution in [0.2, 0.25) is 0 Å². The molecule has 9 heteroatoms. The molecule has 1 saturated heterocycles. The Morgan fingerprint density at radius 3 is 2.66 bits per heavy atom. The van der Waals surface area contributed by atoms with Crippen LogP contribution in [-0.2, 0) is 14.3 Å². The van der Waals surface area contributed by atoms with E-state index in [0.717, 1.165) is 22.9 Å². The smallest absolute Gasteiger partial charge is 0.422 e. The molecule has 1 fully saturated rings. The van der Waals surface area contributed by atoms with Crippen LogP contribution in [0, 0.1) is 5.92 Å². The Bertz CT molecular complexity index is 907. The quantitative estimate of drug-likeness (QED) is 0.565. The van der Waals surface area contributed by atoms with E-state index in [4.69, 9.17) is 0 Å². The summed E-state index contributed by atoms with van der Waals surface area (Å²) in [6, 6.07) is 5.43. The normalized spacial score (nSPS) is 20.3. The van der Waals surface area contributed by atoms with Crippen LogP contribution in [0.1, 0.15) is 51.3 Å². The Hall–Kier alpha value is -2.58. The predicted octanol–water partition coefficient (Wildman–Crippen LogP) is 4.02. The summed E-state index contributed by atoms with van der Waals surface area (Å²) in [7, 11) is 0. The van der Waals surface area contributed by atoms with Crippen molar-refractivity contribution in [3.8, 4) is 0 Å². The number of hydrogen-bond donors (Lipinski definition) is 0. The molecule has 6 nitrogen and oxygen atoms in total. The molecule has 0 spiro atoms. The number of carbonyl (C=O) groups is 2. The Labute approximate surface area is 166 Å². The number of alkyl halides is 3. The molecular weight excluding hydrogens is 387 g/mol. The lowest BCUT2D eigenvalue weighted by Crippen LogP contribution is -2.45. The van der Waals surface area contributed by atoms with Crippen LogP contribution < -0.4 is 0 Å². The van der Waals surface area contributed by atoms with Gasteiger partial charge in [-0.2, -0.15) is 18.3 Å². The van der Waals surface area contributed by atoms with Gasteiger partial charge in [0.2, 0.25) is 0 Å². The van der Waals surface area contributed by atoms with Crippen LogP contribution in [0.4, 0.5) is 13.2 Å². The number of carbonyl (C=O) groups excluding carboxylic acids is 2. The van der Waals surface area contributed by atoms with Gasteiger partial charge in [0, 0.05) is 24.2 Å². The number of hydrogen-bond acceptors (Lipinski definition) is 4. The number of esters is 1. The fourth-order valence-corrected chi connectivity index (χ4v) is 3.57. The van der Waals surface area contributed by atoms with Gasteiger partial charge < -0.3 is 9.64 Å². The molecule has 2 atom stereocenters. The maximum absolute atomic E-state index is 12.6. The zero-order chi connectivity index (χ0) is 21.3. The lowest BCUT2D eigenvalue weighted by Gasteiger charge is -2.38. The zero-order valence-corrected chi connectivity index (χ0v) is 16.6. The van der Waals surface area contributed by atoms with Gasteiger partial charge >= 0.3 is 18.1 Å². The summed E-state index contributed by atoms with van der Waals surface area (Å²) in [5.74, 6) is -2.39. The van der Waals surface area contributed by atoms with E-state index >= 15 is 0 Å². The molecule has 0 unspecified atom stereocenters. The summed E-state index contributed by atoms with van der Waals surface area (Å²) in [6.45, 7) is 4.48.